The van der Waals surface area contributed by atoms with E-state index < -0.39 is 6.10 Å². The Balaban J connectivity index is 3.42. The summed E-state index contributed by atoms with van der Waals surface area (Å²) in [5.41, 5.74) is 0. The van der Waals surface area contributed by atoms with Gasteiger partial charge in [0.25, 0.3) is 0 Å². The van der Waals surface area contributed by atoms with Crippen LogP contribution in [0, 0.1) is 0 Å². The van der Waals surface area contributed by atoms with E-state index in [9.17, 15) is 14.7 Å². The van der Waals surface area contributed by atoms with Crippen LogP contribution in [0.5, 0.6) is 0 Å². The van der Waals surface area contributed by atoms with Crippen LogP contribution in [0.4, 0.5) is 0 Å². The molecule has 0 amide bonds. The molecule has 1 atom stereocenters. The largest absolute Gasteiger partial charge is 0.462 e. The number of unbranched alkanes of at least 4 members (excludes halogenated alkanes) is 24. The highest BCUT2D eigenvalue weighted by Gasteiger charge is 2.16. The summed E-state index contributed by atoms with van der Waals surface area (Å²) in [6.45, 7) is 3.98. The van der Waals surface area contributed by atoms with Crippen LogP contribution in [-0.4, -0.2) is 36.4 Å². The summed E-state index contributed by atoms with van der Waals surface area (Å²) in [5.74, 6) is -0.593. The van der Waals surface area contributed by atoms with Crippen molar-refractivity contribution in [3.05, 3.63) is 72.9 Å². The van der Waals surface area contributed by atoms with Gasteiger partial charge in [-0.05, 0) is 64.2 Å². The molecule has 0 aromatic heterocycles. The highest BCUT2D eigenvalue weighted by molar-refractivity contribution is 5.70. The molecule has 5 nitrogen and oxygen atoms in total. The summed E-state index contributed by atoms with van der Waals surface area (Å²) in [5, 5.41) is 9.53. The van der Waals surface area contributed by atoms with Gasteiger partial charge >= 0.3 is 11.9 Å². The van der Waals surface area contributed by atoms with Gasteiger partial charge in [0, 0.05) is 12.8 Å². The molecule has 0 heterocycles. The number of esters is 2. The van der Waals surface area contributed by atoms with Gasteiger partial charge in [0.15, 0.2) is 6.10 Å². The third kappa shape index (κ3) is 46.0. The van der Waals surface area contributed by atoms with Gasteiger partial charge in [-0.3, -0.25) is 9.59 Å². The number of carbonyl (C=O) groups is 2. The second-order valence-electron chi connectivity index (χ2n) is 16.2. The van der Waals surface area contributed by atoms with E-state index in [0.717, 1.165) is 77.0 Å². The van der Waals surface area contributed by atoms with E-state index in [1.807, 2.05) is 0 Å². The van der Waals surface area contributed by atoms with Crippen molar-refractivity contribution < 1.29 is 24.2 Å². The molecule has 5 heteroatoms. The first-order chi connectivity index (χ1) is 28.6. The van der Waals surface area contributed by atoms with Crippen LogP contribution in [0.15, 0.2) is 72.9 Å². The van der Waals surface area contributed by atoms with Gasteiger partial charge in [-0.25, -0.2) is 0 Å². The monoisotopic (exact) mass is 809 g/mol. The molecule has 0 aliphatic carbocycles. The van der Waals surface area contributed by atoms with E-state index in [0.29, 0.717) is 12.8 Å². The predicted molar refractivity (Wildman–Crippen MR) is 251 cm³/mol. The second kappa shape index (κ2) is 48.7. The van der Waals surface area contributed by atoms with Crippen molar-refractivity contribution in [2.45, 2.75) is 238 Å². The van der Waals surface area contributed by atoms with Crippen LogP contribution in [0.2, 0.25) is 0 Å². The maximum absolute atomic E-state index is 12.2. The normalized spacial score (nSPS) is 12.8. The molecule has 0 aliphatic rings. The first-order valence-corrected chi connectivity index (χ1v) is 24.5. The van der Waals surface area contributed by atoms with E-state index in [2.05, 4.69) is 86.8 Å². The van der Waals surface area contributed by atoms with Gasteiger partial charge in [0.2, 0.25) is 0 Å². The summed E-state index contributed by atoms with van der Waals surface area (Å²) in [6, 6.07) is 0. The van der Waals surface area contributed by atoms with Crippen molar-refractivity contribution in [3.8, 4) is 0 Å². The third-order valence-corrected chi connectivity index (χ3v) is 10.5. The van der Waals surface area contributed by atoms with Crippen molar-refractivity contribution >= 4 is 11.9 Å². The standard InChI is InChI=1S/C53H92O5/c1-3-5-7-9-11-12-13-14-15-16-17-18-19-20-21-22-23-24-25-26-27-28-29-30-31-32-33-34-35-36-37-38-39-40-42-44-46-48-53(56)58-51(49-54)50-57-52(55)47-45-43-41-10-8-6-4-2/h5,7,11-12,14-15,17-18,20-21,23-24,51,54H,3-4,6,8-10,13,16,19,22,25-50H2,1-2H3/b7-5-,12-11-,15-14-,18-17-,21-20-,24-23-. The molecule has 0 saturated heterocycles. The van der Waals surface area contributed by atoms with Crippen LogP contribution in [0.1, 0.15) is 232 Å². The highest BCUT2D eigenvalue weighted by atomic mass is 16.6. The number of hydrogen-bond acceptors (Lipinski definition) is 5. The average Bonchev–Trinajstić information content (AvgIpc) is 3.23. The number of aliphatic hydroxyl groups is 1. The number of carbonyl (C=O) groups excluding carboxylic acids is 2. The first kappa shape index (κ1) is 55.3. The number of allylic oxidation sites excluding steroid dienone is 12. The van der Waals surface area contributed by atoms with E-state index >= 15 is 0 Å². The number of aliphatic hydroxyl groups excluding tert-OH is 1. The molecule has 0 aliphatic heterocycles. The number of hydrogen-bond donors (Lipinski definition) is 1. The number of ether oxygens (including phenoxy) is 2. The zero-order chi connectivity index (χ0) is 42.1. The van der Waals surface area contributed by atoms with E-state index in [1.54, 1.807) is 0 Å². The quantitative estimate of drug-likeness (QED) is 0.0377. The summed E-state index contributed by atoms with van der Waals surface area (Å²) in [7, 11) is 0. The Bertz CT molecular complexity index is 1050. The fraction of sp³-hybridized carbons (Fsp3) is 0.736. The van der Waals surface area contributed by atoms with E-state index in [4.69, 9.17) is 9.47 Å². The van der Waals surface area contributed by atoms with Crippen LogP contribution < -0.4 is 0 Å². The summed E-state index contributed by atoms with van der Waals surface area (Å²) >= 11 is 0. The molecule has 0 fully saturated rings. The van der Waals surface area contributed by atoms with Crippen LogP contribution in [-0.2, 0) is 19.1 Å². The molecule has 0 bridgehead atoms. The van der Waals surface area contributed by atoms with E-state index in [-0.39, 0.29) is 25.2 Å². The third-order valence-electron chi connectivity index (χ3n) is 10.5. The minimum atomic E-state index is -0.767. The van der Waals surface area contributed by atoms with Gasteiger partial charge in [0.1, 0.15) is 6.61 Å². The van der Waals surface area contributed by atoms with Crippen molar-refractivity contribution in [2.24, 2.45) is 0 Å². The number of rotatable bonds is 44. The van der Waals surface area contributed by atoms with Crippen molar-refractivity contribution in [1.29, 1.82) is 0 Å². The molecule has 0 saturated carbocycles. The lowest BCUT2D eigenvalue weighted by Crippen LogP contribution is -2.28. The van der Waals surface area contributed by atoms with Crippen LogP contribution in [0.25, 0.3) is 0 Å². The van der Waals surface area contributed by atoms with Crippen molar-refractivity contribution in [2.75, 3.05) is 13.2 Å². The fourth-order valence-electron chi connectivity index (χ4n) is 6.85. The molecule has 0 aromatic rings. The Morgan fingerprint density at radius 1 is 0.414 bits per heavy atom. The lowest BCUT2D eigenvalue weighted by Gasteiger charge is -2.15. The lowest BCUT2D eigenvalue weighted by molar-refractivity contribution is -0.161. The lowest BCUT2D eigenvalue weighted by atomic mass is 10.0. The molecule has 334 valence electrons. The van der Waals surface area contributed by atoms with Crippen LogP contribution >= 0.6 is 0 Å². The molecule has 58 heavy (non-hydrogen) atoms. The minimum absolute atomic E-state index is 0.0642. The maximum Gasteiger partial charge on any atom is 0.306 e. The Hall–Kier alpha value is -2.66. The Labute approximate surface area is 359 Å². The van der Waals surface area contributed by atoms with Crippen LogP contribution in [0.3, 0.4) is 0 Å². The predicted octanol–water partition coefficient (Wildman–Crippen LogP) is 16.1. The summed E-state index contributed by atoms with van der Waals surface area (Å²) in [4.78, 5) is 24.2. The molecular formula is C53H92O5. The zero-order valence-electron chi connectivity index (χ0n) is 38.0. The molecule has 0 radical (unpaired) electrons. The fourth-order valence-corrected chi connectivity index (χ4v) is 6.85. The van der Waals surface area contributed by atoms with Gasteiger partial charge in [-0.2, -0.15) is 0 Å². The Morgan fingerprint density at radius 2 is 0.741 bits per heavy atom. The average molecular weight is 809 g/mol. The zero-order valence-corrected chi connectivity index (χ0v) is 38.0. The molecule has 1 unspecified atom stereocenters. The van der Waals surface area contributed by atoms with Gasteiger partial charge < -0.3 is 14.6 Å². The molecule has 0 aromatic carbocycles. The Morgan fingerprint density at radius 3 is 1.12 bits per heavy atom. The Kier molecular flexibility index (Phi) is 46.5. The maximum atomic E-state index is 12.2. The molecule has 0 rings (SSSR count). The first-order valence-electron chi connectivity index (χ1n) is 24.5. The second-order valence-corrected chi connectivity index (χ2v) is 16.2. The molecule has 0 spiro atoms. The smallest absolute Gasteiger partial charge is 0.306 e. The minimum Gasteiger partial charge on any atom is -0.462 e. The van der Waals surface area contributed by atoms with Gasteiger partial charge in [0.05, 0.1) is 6.61 Å². The van der Waals surface area contributed by atoms with Gasteiger partial charge in [-0.1, -0.05) is 228 Å². The molecular weight excluding hydrogens is 717 g/mol. The van der Waals surface area contributed by atoms with E-state index in [1.165, 1.54) is 128 Å². The highest BCUT2D eigenvalue weighted by Crippen LogP contribution is 2.16. The van der Waals surface area contributed by atoms with Gasteiger partial charge in [-0.15, -0.1) is 0 Å². The summed E-state index contributed by atoms with van der Waals surface area (Å²) in [6.07, 6.45) is 66.0. The molecule has 1 N–H and O–H groups in total. The summed E-state index contributed by atoms with van der Waals surface area (Å²) < 4.78 is 10.6. The van der Waals surface area contributed by atoms with Crippen molar-refractivity contribution in [1.82, 2.24) is 0 Å². The topological polar surface area (TPSA) is 72.8 Å². The SMILES string of the molecule is CC/C=C\C/C=C\C/C=C\C/C=C\C/C=C\C/C=C\CCCCCCCCCCCCCCCCCCCCC(=O)OC(CO)COC(=O)CCCCCCCCC. The van der Waals surface area contributed by atoms with Crippen molar-refractivity contribution in [3.63, 3.8) is 0 Å².